The molecule has 0 saturated carbocycles. The lowest BCUT2D eigenvalue weighted by atomic mass is 10.2. The van der Waals surface area contributed by atoms with Gasteiger partial charge in [0, 0.05) is 36.1 Å². The Hall–Kier alpha value is -3.02. The number of amides is 2. The highest BCUT2D eigenvalue weighted by Gasteiger charge is 2.21. The smallest absolute Gasteiger partial charge is 0.246 e. The molecular weight excluding hydrogens is 330 g/mol. The summed E-state index contributed by atoms with van der Waals surface area (Å²) < 4.78 is 5.16. The Bertz CT molecular complexity index is 789. The maximum Gasteiger partial charge on any atom is 0.246 e. The lowest BCUT2D eigenvalue weighted by Gasteiger charge is -2.18. The molecule has 0 aromatic heterocycles. The molecule has 1 aliphatic rings. The number of anilines is 3. The van der Waals surface area contributed by atoms with E-state index in [1.54, 1.807) is 25.0 Å². The molecule has 0 radical (unpaired) electrons. The number of nitrogens with one attached hydrogen (secondary N) is 2. The molecule has 2 aromatic rings. The first kappa shape index (κ1) is 17.8. The van der Waals surface area contributed by atoms with E-state index in [-0.39, 0.29) is 11.8 Å². The minimum absolute atomic E-state index is 0.142. The standard InChI is InChI=1S/C20H23N3O3/c1-14(20(25)22-16-5-3-6-18(13-16)26-2)21-15-8-10-17(11-9-15)23-12-4-7-19(23)24/h3,5-6,8-11,13-14,21H,4,7,12H2,1-2H3,(H,22,25). The van der Waals surface area contributed by atoms with Gasteiger partial charge in [-0.2, -0.15) is 0 Å². The van der Waals surface area contributed by atoms with Crippen molar-refractivity contribution in [2.45, 2.75) is 25.8 Å². The van der Waals surface area contributed by atoms with Crippen LogP contribution in [0.1, 0.15) is 19.8 Å². The maximum absolute atomic E-state index is 12.4. The first-order valence-electron chi connectivity index (χ1n) is 8.69. The Morgan fingerprint density at radius 3 is 2.58 bits per heavy atom. The summed E-state index contributed by atoms with van der Waals surface area (Å²) in [6.45, 7) is 2.57. The molecule has 2 aromatic carbocycles. The fourth-order valence-electron chi connectivity index (χ4n) is 2.93. The van der Waals surface area contributed by atoms with E-state index in [2.05, 4.69) is 10.6 Å². The number of carbonyl (C=O) groups is 2. The van der Waals surface area contributed by atoms with E-state index < -0.39 is 6.04 Å². The minimum atomic E-state index is -0.416. The van der Waals surface area contributed by atoms with Gasteiger partial charge in [0.25, 0.3) is 0 Å². The van der Waals surface area contributed by atoms with Crippen molar-refractivity contribution in [1.82, 2.24) is 0 Å². The van der Waals surface area contributed by atoms with E-state index in [0.29, 0.717) is 17.9 Å². The summed E-state index contributed by atoms with van der Waals surface area (Å²) >= 11 is 0. The second-order valence-corrected chi connectivity index (χ2v) is 6.28. The van der Waals surface area contributed by atoms with Crippen LogP contribution in [0.25, 0.3) is 0 Å². The van der Waals surface area contributed by atoms with Crippen LogP contribution in [-0.4, -0.2) is 31.5 Å². The fourth-order valence-corrected chi connectivity index (χ4v) is 2.93. The van der Waals surface area contributed by atoms with Crippen LogP contribution >= 0.6 is 0 Å². The summed E-state index contributed by atoms with van der Waals surface area (Å²) in [5, 5.41) is 6.04. The Kier molecular flexibility index (Phi) is 5.41. The number of hydrogen-bond donors (Lipinski definition) is 2. The average Bonchev–Trinajstić information content (AvgIpc) is 3.08. The number of ether oxygens (including phenoxy) is 1. The van der Waals surface area contributed by atoms with Gasteiger partial charge in [-0.3, -0.25) is 9.59 Å². The van der Waals surface area contributed by atoms with Gasteiger partial charge in [-0.25, -0.2) is 0 Å². The number of carbonyl (C=O) groups excluding carboxylic acids is 2. The Balaban J connectivity index is 1.59. The Morgan fingerprint density at radius 1 is 1.15 bits per heavy atom. The highest BCUT2D eigenvalue weighted by molar-refractivity contribution is 5.97. The second kappa shape index (κ2) is 7.91. The van der Waals surface area contributed by atoms with Crippen LogP contribution in [0.2, 0.25) is 0 Å². The largest absolute Gasteiger partial charge is 0.497 e. The van der Waals surface area contributed by atoms with Crippen LogP contribution in [0.3, 0.4) is 0 Å². The van der Waals surface area contributed by atoms with Crippen LogP contribution in [-0.2, 0) is 9.59 Å². The van der Waals surface area contributed by atoms with Crippen molar-refractivity contribution in [1.29, 1.82) is 0 Å². The number of rotatable bonds is 6. The van der Waals surface area contributed by atoms with Crippen molar-refractivity contribution in [3.05, 3.63) is 48.5 Å². The van der Waals surface area contributed by atoms with E-state index in [4.69, 9.17) is 4.74 Å². The predicted octanol–water partition coefficient (Wildman–Crippen LogP) is 3.26. The zero-order chi connectivity index (χ0) is 18.5. The van der Waals surface area contributed by atoms with Crippen molar-refractivity contribution < 1.29 is 14.3 Å². The second-order valence-electron chi connectivity index (χ2n) is 6.28. The molecule has 3 rings (SSSR count). The summed E-state index contributed by atoms with van der Waals surface area (Å²) in [5.41, 5.74) is 2.41. The highest BCUT2D eigenvalue weighted by Crippen LogP contribution is 2.23. The molecule has 1 saturated heterocycles. The van der Waals surface area contributed by atoms with Crippen molar-refractivity contribution >= 4 is 28.9 Å². The molecule has 136 valence electrons. The number of methoxy groups -OCH3 is 1. The van der Waals surface area contributed by atoms with Crippen LogP contribution in [0.15, 0.2) is 48.5 Å². The molecule has 0 bridgehead atoms. The molecule has 1 atom stereocenters. The zero-order valence-electron chi connectivity index (χ0n) is 15.0. The third-order valence-electron chi connectivity index (χ3n) is 4.37. The Labute approximate surface area is 153 Å². The lowest BCUT2D eigenvalue weighted by Crippen LogP contribution is -2.31. The molecule has 2 amide bonds. The summed E-state index contributed by atoms with van der Waals surface area (Å²) in [6.07, 6.45) is 1.52. The molecule has 6 heteroatoms. The number of hydrogen-bond acceptors (Lipinski definition) is 4. The highest BCUT2D eigenvalue weighted by atomic mass is 16.5. The molecule has 26 heavy (non-hydrogen) atoms. The minimum Gasteiger partial charge on any atom is -0.497 e. The monoisotopic (exact) mass is 353 g/mol. The average molecular weight is 353 g/mol. The predicted molar refractivity (Wildman–Crippen MR) is 103 cm³/mol. The lowest BCUT2D eigenvalue weighted by molar-refractivity contribution is -0.117. The SMILES string of the molecule is COc1cccc(NC(=O)C(C)Nc2ccc(N3CCCC3=O)cc2)c1. The molecule has 1 fully saturated rings. The summed E-state index contributed by atoms with van der Waals surface area (Å²) in [7, 11) is 1.59. The molecular formula is C20H23N3O3. The van der Waals surface area contributed by atoms with E-state index >= 15 is 0 Å². The third kappa shape index (κ3) is 4.14. The van der Waals surface area contributed by atoms with Crippen molar-refractivity contribution in [2.75, 3.05) is 29.2 Å². The quantitative estimate of drug-likeness (QED) is 0.836. The molecule has 0 aliphatic carbocycles. The molecule has 1 aliphatic heterocycles. The summed E-state index contributed by atoms with van der Waals surface area (Å²) in [5.74, 6) is 0.712. The van der Waals surface area contributed by atoms with Crippen molar-refractivity contribution in [3.63, 3.8) is 0 Å². The summed E-state index contributed by atoms with van der Waals surface area (Å²) in [4.78, 5) is 26.0. The van der Waals surface area contributed by atoms with E-state index in [0.717, 1.165) is 24.3 Å². The topological polar surface area (TPSA) is 70.7 Å². The molecule has 6 nitrogen and oxygen atoms in total. The van der Waals surface area contributed by atoms with Gasteiger partial charge >= 0.3 is 0 Å². The van der Waals surface area contributed by atoms with Gasteiger partial charge in [0.2, 0.25) is 11.8 Å². The van der Waals surface area contributed by atoms with E-state index in [9.17, 15) is 9.59 Å². The van der Waals surface area contributed by atoms with Crippen LogP contribution in [0.4, 0.5) is 17.1 Å². The van der Waals surface area contributed by atoms with Crippen molar-refractivity contribution in [2.24, 2.45) is 0 Å². The van der Waals surface area contributed by atoms with E-state index in [1.165, 1.54) is 0 Å². The van der Waals surface area contributed by atoms with Gasteiger partial charge in [-0.05, 0) is 49.7 Å². The summed E-state index contributed by atoms with van der Waals surface area (Å²) in [6, 6.07) is 14.4. The number of nitrogens with zero attached hydrogens (tertiary/aromatic N) is 1. The number of benzene rings is 2. The van der Waals surface area contributed by atoms with Crippen LogP contribution < -0.4 is 20.3 Å². The van der Waals surface area contributed by atoms with Gasteiger partial charge in [0.15, 0.2) is 0 Å². The normalized spacial score (nSPS) is 14.8. The molecule has 0 spiro atoms. The maximum atomic E-state index is 12.4. The third-order valence-corrected chi connectivity index (χ3v) is 4.37. The fraction of sp³-hybridized carbons (Fsp3) is 0.300. The Morgan fingerprint density at radius 2 is 1.92 bits per heavy atom. The van der Waals surface area contributed by atoms with Crippen LogP contribution in [0.5, 0.6) is 5.75 Å². The molecule has 1 unspecified atom stereocenters. The van der Waals surface area contributed by atoms with E-state index in [1.807, 2.05) is 42.5 Å². The van der Waals surface area contributed by atoms with Gasteiger partial charge in [-0.15, -0.1) is 0 Å². The first-order valence-corrected chi connectivity index (χ1v) is 8.69. The van der Waals surface area contributed by atoms with Gasteiger partial charge in [0.1, 0.15) is 11.8 Å². The van der Waals surface area contributed by atoms with Gasteiger partial charge in [0.05, 0.1) is 7.11 Å². The van der Waals surface area contributed by atoms with Crippen LogP contribution in [0, 0.1) is 0 Å². The molecule has 2 N–H and O–H groups in total. The zero-order valence-corrected chi connectivity index (χ0v) is 15.0. The first-order chi connectivity index (χ1) is 12.6. The van der Waals surface area contributed by atoms with Gasteiger partial charge in [-0.1, -0.05) is 6.07 Å². The van der Waals surface area contributed by atoms with Crippen molar-refractivity contribution in [3.8, 4) is 5.75 Å². The molecule has 1 heterocycles. The van der Waals surface area contributed by atoms with Gasteiger partial charge < -0.3 is 20.3 Å².